The largest absolute Gasteiger partial charge is 0.490 e. The molecule has 0 spiro atoms. The minimum atomic E-state index is -5.08. The van der Waals surface area contributed by atoms with Gasteiger partial charge in [0, 0.05) is 24.4 Å². The van der Waals surface area contributed by atoms with Crippen LogP contribution in [0.15, 0.2) is 78.2 Å². The van der Waals surface area contributed by atoms with Crippen molar-refractivity contribution < 1.29 is 32.3 Å². The molecule has 0 fully saturated rings. The van der Waals surface area contributed by atoms with Gasteiger partial charge in [-0.1, -0.05) is 36.3 Å². The number of hydrazone groups is 1. The van der Waals surface area contributed by atoms with E-state index in [2.05, 4.69) is 32.3 Å². The third-order valence-corrected chi connectivity index (χ3v) is 5.29. The second-order valence-corrected chi connectivity index (χ2v) is 7.92. The molecule has 0 radical (unpaired) electrons. The molecule has 1 aliphatic heterocycles. The number of benzene rings is 2. The SMILES string of the molecule is O=C(Nc1cc(C#Cc2cnc3cccnn23)ccc1F)N1N=CCC1c1ccccc1.O=C(O)C(F)(F)F. The summed E-state index contributed by atoms with van der Waals surface area (Å²) in [7, 11) is 0. The lowest BCUT2D eigenvalue weighted by molar-refractivity contribution is -0.192. The zero-order chi connectivity index (χ0) is 28.0. The van der Waals surface area contributed by atoms with Crippen molar-refractivity contribution in [1.29, 1.82) is 0 Å². The van der Waals surface area contributed by atoms with Crippen LogP contribution < -0.4 is 5.32 Å². The van der Waals surface area contributed by atoms with Crippen LogP contribution in [0.25, 0.3) is 5.65 Å². The number of hydrogen-bond acceptors (Lipinski definition) is 5. The first kappa shape index (κ1) is 26.8. The summed E-state index contributed by atoms with van der Waals surface area (Å²) in [6.07, 6.45) is 0.462. The summed E-state index contributed by atoms with van der Waals surface area (Å²) in [6.45, 7) is 0. The quantitative estimate of drug-likeness (QED) is 0.280. The normalized spacial score (nSPS) is 14.3. The number of alkyl halides is 3. The van der Waals surface area contributed by atoms with Gasteiger partial charge >= 0.3 is 18.2 Å². The summed E-state index contributed by atoms with van der Waals surface area (Å²) < 4.78 is 47.8. The smallest absolute Gasteiger partial charge is 0.475 e. The first-order valence-corrected chi connectivity index (χ1v) is 11.2. The molecular weight excluding hydrogens is 520 g/mol. The predicted octanol–water partition coefficient (Wildman–Crippen LogP) is 4.87. The number of fused-ring (bicyclic) bond motifs is 1. The summed E-state index contributed by atoms with van der Waals surface area (Å²) in [4.78, 5) is 26.0. The molecular formula is C26H18F4N6O3. The molecule has 1 aliphatic rings. The molecule has 5 rings (SSSR count). The number of anilines is 1. The standard InChI is InChI=1S/C24H17FN6O.C2HF3O2/c25-20-11-9-17(8-10-19-16-26-23-7-4-13-27-30(19)23)15-21(20)29-24(32)31-22(12-14-28-31)18-5-2-1-3-6-18;3-2(4,5)1(6)7/h1-7,9,11,13-16,22H,12H2,(H,29,32);(H,6,7). The zero-order valence-corrected chi connectivity index (χ0v) is 19.8. The van der Waals surface area contributed by atoms with Crippen molar-refractivity contribution in [3.05, 3.63) is 95.7 Å². The van der Waals surface area contributed by atoms with E-state index in [1.807, 2.05) is 36.4 Å². The van der Waals surface area contributed by atoms with E-state index in [0.717, 1.165) is 5.56 Å². The van der Waals surface area contributed by atoms with E-state index < -0.39 is 24.0 Å². The summed E-state index contributed by atoms with van der Waals surface area (Å²) in [6, 6.07) is 16.8. The number of rotatable bonds is 2. The summed E-state index contributed by atoms with van der Waals surface area (Å²) >= 11 is 0. The number of carboxylic acids is 1. The molecule has 39 heavy (non-hydrogen) atoms. The van der Waals surface area contributed by atoms with Crippen LogP contribution in [0.2, 0.25) is 0 Å². The summed E-state index contributed by atoms with van der Waals surface area (Å²) in [5.41, 5.74) is 2.82. The second kappa shape index (κ2) is 11.4. The van der Waals surface area contributed by atoms with Crippen LogP contribution in [0.4, 0.5) is 28.0 Å². The van der Waals surface area contributed by atoms with Gasteiger partial charge in [-0.25, -0.2) is 28.5 Å². The van der Waals surface area contributed by atoms with Crippen LogP contribution >= 0.6 is 0 Å². The van der Waals surface area contributed by atoms with Gasteiger partial charge in [-0.15, -0.1) is 0 Å². The van der Waals surface area contributed by atoms with Gasteiger partial charge in [-0.3, -0.25) is 0 Å². The molecule has 198 valence electrons. The second-order valence-electron chi connectivity index (χ2n) is 7.92. The molecule has 2 N–H and O–H groups in total. The highest BCUT2D eigenvalue weighted by atomic mass is 19.4. The Morgan fingerprint density at radius 1 is 1.05 bits per heavy atom. The van der Waals surface area contributed by atoms with E-state index in [1.54, 1.807) is 35.3 Å². The molecule has 1 atom stereocenters. The number of hydrogen-bond donors (Lipinski definition) is 2. The zero-order valence-electron chi connectivity index (χ0n) is 19.8. The maximum Gasteiger partial charge on any atom is 0.490 e. The highest BCUT2D eigenvalue weighted by Crippen LogP contribution is 2.29. The Morgan fingerprint density at radius 2 is 1.79 bits per heavy atom. The molecule has 2 amide bonds. The van der Waals surface area contributed by atoms with Gasteiger partial charge in [0.15, 0.2) is 5.65 Å². The van der Waals surface area contributed by atoms with Gasteiger partial charge < -0.3 is 10.4 Å². The fourth-order valence-corrected chi connectivity index (χ4v) is 3.48. The predicted molar refractivity (Wildman–Crippen MR) is 132 cm³/mol. The van der Waals surface area contributed by atoms with Gasteiger partial charge in [-0.05, 0) is 41.8 Å². The number of imidazole rings is 1. The van der Waals surface area contributed by atoms with Crippen molar-refractivity contribution in [2.45, 2.75) is 18.6 Å². The molecule has 2 aromatic heterocycles. The molecule has 0 saturated carbocycles. The Balaban J connectivity index is 0.000000448. The van der Waals surface area contributed by atoms with Crippen LogP contribution in [0, 0.1) is 17.7 Å². The van der Waals surface area contributed by atoms with E-state index in [1.165, 1.54) is 17.1 Å². The Bertz CT molecular complexity index is 1590. The van der Waals surface area contributed by atoms with Gasteiger partial charge in [-0.2, -0.15) is 23.4 Å². The van der Waals surface area contributed by atoms with Crippen molar-refractivity contribution >= 4 is 29.5 Å². The lowest BCUT2D eigenvalue weighted by Crippen LogP contribution is -2.31. The number of carbonyl (C=O) groups is 2. The van der Waals surface area contributed by atoms with Crippen LogP contribution in [-0.2, 0) is 4.79 Å². The number of aromatic nitrogens is 3. The van der Waals surface area contributed by atoms with E-state index in [-0.39, 0.29) is 11.7 Å². The third kappa shape index (κ3) is 6.55. The van der Waals surface area contributed by atoms with Gasteiger partial charge in [0.2, 0.25) is 0 Å². The first-order chi connectivity index (χ1) is 18.6. The van der Waals surface area contributed by atoms with Crippen molar-refractivity contribution in [1.82, 2.24) is 19.6 Å². The first-order valence-electron chi connectivity index (χ1n) is 11.2. The molecule has 0 saturated heterocycles. The molecule has 13 heteroatoms. The van der Waals surface area contributed by atoms with Crippen molar-refractivity contribution in [3.8, 4) is 11.8 Å². The molecule has 4 aromatic rings. The molecule has 3 heterocycles. The lowest BCUT2D eigenvalue weighted by atomic mass is 10.1. The number of nitrogens with one attached hydrogen (secondary N) is 1. The lowest BCUT2D eigenvalue weighted by Gasteiger charge is -2.22. The maximum atomic E-state index is 14.4. The number of carbonyl (C=O) groups excluding carboxylic acids is 1. The summed E-state index contributed by atoms with van der Waals surface area (Å²) in [5, 5.41) is 19.5. The van der Waals surface area contributed by atoms with Crippen molar-refractivity contribution in [2.24, 2.45) is 5.10 Å². The van der Waals surface area contributed by atoms with Gasteiger partial charge in [0.1, 0.15) is 11.5 Å². The Kier molecular flexibility index (Phi) is 7.85. The number of amides is 2. The number of aliphatic carboxylic acids is 1. The Morgan fingerprint density at radius 3 is 2.51 bits per heavy atom. The minimum Gasteiger partial charge on any atom is -0.475 e. The highest BCUT2D eigenvalue weighted by Gasteiger charge is 2.38. The van der Waals surface area contributed by atoms with Crippen LogP contribution in [-0.4, -0.2) is 49.1 Å². The molecule has 9 nitrogen and oxygen atoms in total. The molecule has 1 unspecified atom stereocenters. The van der Waals surface area contributed by atoms with E-state index in [0.29, 0.717) is 23.3 Å². The molecule has 2 aromatic carbocycles. The fourth-order valence-electron chi connectivity index (χ4n) is 3.48. The highest BCUT2D eigenvalue weighted by molar-refractivity contribution is 5.91. The monoisotopic (exact) mass is 538 g/mol. The maximum absolute atomic E-state index is 14.4. The van der Waals surface area contributed by atoms with Crippen LogP contribution in [0.5, 0.6) is 0 Å². The van der Waals surface area contributed by atoms with E-state index >= 15 is 0 Å². The Labute approximate surface area is 218 Å². The van der Waals surface area contributed by atoms with Crippen molar-refractivity contribution in [3.63, 3.8) is 0 Å². The number of urea groups is 1. The van der Waals surface area contributed by atoms with Gasteiger partial charge in [0.05, 0.1) is 17.9 Å². The van der Waals surface area contributed by atoms with Crippen molar-refractivity contribution in [2.75, 3.05) is 5.32 Å². The molecule has 0 aliphatic carbocycles. The van der Waals surface area contributed by atoms with Gasteiger partial charge in [0.25, 0.3) is 0 Å². The molecule has 0 bridgehead atoms. The van der Waals surface area contributed by atoms with Crippen LogP contribution in [0.1, 0.15) is 29.3 Å². The topological polar surface area (TPSA) is 112 Å². The number of nitrogens with zero attached hydrogens (tertiary/aromatic N) is 5. The number of carboxylic acid groups (broad SMARTS) is 1. The minimum absolute atomic E-state index is 0.0342. The average molecular weight is 538 g/mol. The van der Waals surface area contributed by atoms with E-state index in [9.17, 15) is 22.4 Å². The third-order valence-electron chi connectivity index (χ3n) is 5.29. The van der Waals surface area contributed by atoms with Crippen LogP contribution in [0.3, 0.4) is 0 Å². The number of halogens is 4. The Hall–Kier alpha value is -5.25. The summed E-state index contributed by atoms with van der Waals surface area (Å²) in [5.74, 6) is 2.65. The fraction of sp³-hybridized carbons (Fsp3) is 0.115. The van der Waals surface area contributed by atoms with E-state index in [4.69, 9.17) is 9.90 Å². The average Bonchev–Trinajstić information content (AvgIpc) is 3.57.